The van der Waals surface area contributed by atoms with Crippen LogP contribution in [0.15, 0.2) is 53.9 Å². The number of aryl methyl sites for hydroxylation is 1. The molecule has 6 nitrogen and oxygen atoms in total. The van der Waals surface area contributed by atoms with Gasteiger partial charge in [0, 0.05) is 17.2 Å². The van der Waals surface area contributed by atoms with Crippen molar-refractivity contribution in [1.82, 2.24) is 3.97 Å². The van der Waals surface area contributed by atoms with Crippen LogP contribution in [-0.4, -0.2) is 22.1 Å². The Labute approximate surface area is 140 Å². The standard InChI is InChI=1S/C17H18N2O4S/c1-12-5-4-6-14-8-10-18(16(12)14)24(22,23)17(3)9-7-15(19(20)21)13(2)11-17/h4-8,10-11H,9H2,1-3H3. The van der Waals surface area contributed by atoms with E-state index >= 15 is 0 Å². The minimum Gasteiger partial charge on any atom is -0.258 e. The Hall–Kier alpha value is -2.41. The van der Waals surface area contributed by atoms with E-state index in [-0.39, 0.29) is 12.1 Å². The van der Waals surface area contributed by atoms with Gasteiger partial charge in [-0.3, -0.25) is 10.1 Å². The summed E-state index contributed by atoms with van der Waals surface area (Å²) in [5.41, 5.74) is 1.85. The van der Waals surface area contributed by atoms with E-state index in [0.717, 1.165) is 10.9 Å². The van der Waals surface area contributed by atoms with E-state index in [2.05, 4.69) is 0 Å². The molecule has 0 N–H and O–H groups in total. The molecular formula is C17H18N2O4S. The maximum Gasteiger partial charge on any atom is 0.268 e. The SMILES string of the molecule is CC1=CC(C)(S(=O)(=O)n2ccc3cccc(C)c32)CC=C1[N+](=O)[O-]. The molecule has 0 aliphatic heterocycles. The lowest BCUT2D eigenvalue weighted by molar-refractivity contribution is -0.421. The fourth-order valence-electron chi connectivity index (χ4n) is 3.21. The average Bonchev–Trinajstić information content (AvgIpc) is 2.92. The van der Waals surface area contributed by atoms with Crippen LogP contribution in [0.4, 0.5) is 0 Å². The van der Waals surface area contributed by atoms with Crippen molar-refractivity contribution in [2.24, 2.45) is 0 Å². The normalized spacial score (nSPS) is 21.5. The molecule has 1 aliphatic rings. The van der Waals surface area contributed by atoms with Crippen LogP contribution < -0.4 is 0 Å². The number of rotatable bonds is 3. The van der Waals surface area contributed by atoms with Gasteiger partial charge in [-0.25, -0.2) is 12.4 Å². The molecule has 1 unspecified atom stereocenters. The monoisotopic (exact) mass is 346 g/mol. The molecule has 1 aromatic carbocycles. The fraction of sp³-hybridized carbons (Fsp3) is 0.294. The highest BCUT2D eigenvalue weighted by Gasteiger charge is 2.42. The minimum atomic E-state index is -3.78. The number of benzene rings is 1. The van der Waals surface area contributed by atoms with Gasteiger partial charge in [-0.1, -0.05) is 24.3 Å². The van der Waals surface area contributed by atoms with Crippen molar-refractivity contribution >= 4 is 20.9 Å². The van der Waals surface area contributed by atoms with E-state index in [1.807, 2.05) is 25.1 Å². The van der Waals surface area contributed by atoms with Crippen LogP contribution in [-0.2, 0) is 10.0 Å². The quantitative estimate of drug-likeness (QED) is 0.630. The molecule has 24 heavy (non-hydrogen) atoms. The Balaban J connectivity index is 2.16. The summed E-state index contributed by atoms with van der Waals surface area (Å²) < 4.78 is 26.6. The summed E-state index contributed by atoms with van der Waals surface area (Å²) in [4.78, 5) is 10.5. The van der Waals surface area contributed by atoms with Crippen molar-refractivity contribution in [2.45, 2.75) is 31.9 Å². The summed E-state index contributed by atoms with van der Waals surface area (Å²) in [6.45, 7) is 5.03. The molecule has 0 saturated heterocycles. The molecule has 0 radical (unpaired) electrons. The summed E-state index contributed by atoms with van der Waals surface area (Å²) in [5.74, 6) is 0. The highest BCUT2D eigenvalue weighted by atomic mass is 32.2. The van der Waals surface area contributed by atoms with Crippen molar-refractivity contribution in [3.05, 3.63) is 69.6 Å². The van der Waals surface area contributed by atoms with Gasteiger partial charge in [0.2, 0.25) is 10.0 Å². The second-order valence-corrected chi connectivity index (χ2v) is 8.60. The van der Waals surface area contributed by atoms with Crippen LogP contribution in [0.1, 0.15) is 25.8 Å². The summed E-state index contributed by atoms with van der Waals surface area (Å²) in [5, 5.41) is 11.9. The van der Waals surface area contributed by atoms with Crippen LogP contribution in [0.2, 0.25) is 0 Å². The first-order valence-electron chi connectivity index (χ1n) is 7.53. The molecule has 1 aliphatic carbocycles. The Bertz CT molecular complexity index is 1010. The third-order valence-electron chi connectivity index (χ3n) is 4.55. The third-order valence-corrected chi connectivity index (χ3v) is 6.84. The molecule has 1 aromatic heterocycles. The minimum absolute atomic E-state index is 0.0313. The van der Waals surface area contributed by atoms with Crippen LogP contribution >= 0.6 is 0 Å². The van der Waals surface area contributed by atoms with Gasteiger partial charge in [-0.05, 0) is 44.9 Å². The molecule has 7 heteroatoms. The number of hydrogen-bond acceptors (Lipinski definition) is 4. The molecule has 1 heterocycles. The second kappa shape index (κ2) is 5.31. The predicted molar refractivity (Wildman–Crippen MR) is 92.8 cm³/mol. The van der Waals surface area contributed by atoms with Crippen molar-refractivity contribution in [3.8, 4) is 0 Å². The largest absolute Gasteiger partial charge is 0.268 e. The average molecular weight is 346 g/mol. The zero-order valence-corrected chi connectivity index (χ0v) is 14.5. The molecule has 0 fully saturated rings. The number of para-hydroxylation sites is 1. The molecule has 2 aromatic rings. The third kappa shape index (κ3) is 2.27. The van der Waals surface area contributed by atoms with E-state index in [9.17, 15) is 18.5 Å². The first kappa shape index (κ1) is 16.4. The van der Waals surface area contributed by atoms with E-state index in [1.54, 1.807) is 26.1 Å². The molecule has 126 valence electrons. The van der Waals surface area contributed by atoms with Crippen molar-refractivity contribution in [1.29, 1.82) is 0 Å². The molecule has 0 amide bonds. The molecule has 0 saturated carbocycles. The maximum atomic E-state index is 13.3. The van der Waals surface area contributed by atoms with E-state index in [0.29, 0.717) is 11.1 Å². The number of nitrogens with zero attached hydrogens (tertiary/aromatic N) is 2. The van der Waals surface area contributed by atoms with Gasteiger partial charge in [0.05, 0.1) is 10.4 Å². The Morgan fingerprint density at radius 2 is 1.96 bits per heavy atom. The Morgan fingerprint density at radius 1 is 1.25 bits per heavy atom. The predicted octanol–water partition coefficient (Wildman–Crippen LogP) is 3.40. The first-order chi connectivity index (χ1) is 11.2. The summed E-state index contributed by atoms with van der Waals surface area (Å²) in [7, 11) is -3.78. The van der Waals surface area contributed by atoms with Crippen LogP contribution in [0.25, 0.3) is 10.9 Å². The molecule has 3 rings (SSSR count). The topological polar surface area (TPSA) is 82.2 Å². The van der Waals surface area contributed by atoms with Crippen molar-refractivity contribution in [3.63, 3.8) is 0 Å². The number of allylic oxidation sites excluding steroid dienone is 2. The van der Waals surface area contributed by atoms with Gasteiger partial charge in [-0.2, -0.15) is 0 Å². The highest BCUT2D eigenvalue weighted by Crippen LogP contribution is 2.35. The molecule has 0 spiro atoms. The zero-order chi connectivity index (χ0) is 17.7. The van der Waals surface area contributed by atoms with Gasteiger partial charge in [0.15, 0.2) is 0 Å². The lowest BCUT2D eigenvalue weighted by atomic mass is 9.95. The van der Waals surface area contributed by atoms with Crippen LogP contribution in [0.3, 0.4) is 0 Å². The van der Waals surface area contributed by atoms with Gasteiger partial charge < -0.3 is 0 Å². The van der Waals surface area contributed by atoms with Crippen molar-refractivity contribution in [2.75, 3.05) is 0 Å². The van der Waals surface area contributed by atoms with E-state index in [1.165, 1.54) is 16.1 Å². The number of fused-ring (bicyclic) bond motifs is 1. The van der Waals surface area contributed by atoms with E-state index < -0.39 is 19.7 Å². The van der Waals surface area contributed by atoms with E-state index in [4.69, 9.17) is 0 Å². The summed E-state index contributed by atoms with van der Waals surface area (Å²) in [6, 6.07) is 7.38. The second-order valence-electron chi connectivity index (χ2n) is 6.32. The number of nitro groups is 1. The summed E-state index contributed by atoms with van der Waals surface area (Å²) >= 11 is 0. The van der Waals surface area contributed by atoms with Gasteiger partial charge in [-0.15, -0.1) is 0 Å². The zero-order valence-electron chi connectivity index (χ0n) is 13.7. The molecule has 0 bridgehead atoms. The molecule has 1 atom stereocenters. The van der Waals surface area contributed by atoms with Crippen molar-refractivity contribution < 1.29 is 13.3 Å². The fourth-order valence-corrected chi connectivity index (χ4v) is 4.99. The number of hydrogen-bond donors (Lipinski definition) is 0. The first-order valence-corrected chi connectivity index (χ1v) is 8.97. The van der Waals surface area contributed by atoms with Gasteiger partial charge >= 0.3 is 0 Å². The number of aromatic nitrogens is 1. The lowest BCUT2D eigenvalue weighted by Crippen LogP contribution is -2.39. The van der Waals surface area contributed by atoms with Gasteiger partial charge in [0.1, 0.15) is 4.75 Å². The molecular weight excluding hydrogens is 328 g/mol. The lowest BCUT2D eigenvalue weighted by Gasteiger charge is -2.28. The summed E-state index contributed by atoms with van der Waals surface area (Å²) in [6.07, 6.45) is 4.50. The highest BCUT2D eigenvalue weighted by molar-refractivity contribution is 7.91. The Kier molecular flexibility index (Phi) is 3.64. The van der Waals surface area contributed by atoms with Gasteiger partial charge in [0.25, 0.3) is 5.70 Å². The maximum absolute atomic E-state index is 13.3. The van der Waals surface area contributed by atoms with Crippen LogP contribution in [0, 0.1) is 17.0 Å². The van der Waals surface area contributed by atoms with Crippen LogP contribution in [0.5, 0.6) is 0 Å². The Morgan fingerprint density at radius 3 is 2.58 bits per heavy atom. The smallest absolute Gasteiger partial charge is 0.258 e.